The van der Waals surface area contributed by atoms with Gasteiger partial charge >= 0.3 is 107 Å². The van der Waals surface area contributed by atoms with Gasteiger partial charge in [-0.05, 0) is 0 Å². The Labute approximate surface area is 123 Å². The normalized spacial score (nSPS) is 12.3. The van der Waals surface area contributed by atoms with E-state index in [1.807, 2.05) is 6.92 Å². The van der Waals surface area contributed by atoms with Crippen molar-refractivity contribution in [3.05, 3.63) is 29.8 Å². The average molecular weight is 408 g/mol. The number of rotatable bonds is 6. The van der Waals surface area contributed by atoms with Crippen LogP contribution < -0.4 is 9.31 Å². The van der Waals surface area contributed by atoms with Gasteiger partial charge in [0.1, 0.15) is 0 Å². The van der Waals surface area contributed by atoms with E-state index >= 15 is 0 Å². The zero-order chi connectivity index (χ0) is 12.0. The van der Waals surface area contributed by atoms with Gasteiger partial charge in [0.05, 0.1) is 0 Å². The summed E-state index contributed by atoms with van der Waals surface area (Å²) in [7, 11) is 0. The van der Waals surface area contributed by atoms with Crippen molar-refractivity contribution in [3.8, 4) is 0 Å². The van der Waals surface area contributed by atoms with E-state index in [0.29, 0.717) is 0 Å². The molecule has 1 rings (SSSR count). The standard InChI is InChI=1S/C8H10N.C4H9O.CH3.BrH.Sn/c1-7(9)8-5-3-2-4-6-8;1-2-3-4-5;;;/h2-5,7H,9H2,1H3;2-4H2,1H3;1H3;1H;/q;-1;;;+1. The molecule has 17 heavy (non-hydrogen) atoms. The van der Waals surface area contributed by atoms with Crippen molar-refractivity contribution in [2.75, 3.05) is 6.61 Å². The van der Waals surface area contributed by atoms with Gasteiger partial charge in [-0.2, -0.15) is 0 Å². The van der Waals surface area contributed by atoms with Gasteiger partial charge in [0, 0.05) is 0 Å². The molecule has 1 aromatic rings. The summed E-state index contributed by atoms with van der Waals surface area (Å²) < 4.78 is 7.41. The second-order valence-corrected chi connectivity index (χ2v) is 9.67. The maximum absolute atomic E-state index is 6.00. The van der Waals surface area contributed by atoms with Gasteiger partial charge in [-0.15, -0.1) is 17.0 Å². The molecule has 1 radical (unpaired) electrons. The van der Waals surface area contributed by atoms with Crippen LogP contribution in [-0.4, -0.2) is 26.8 Å². The van der Waals surface area contributed by atoms with Crippen LogP contribution in [-0.2, 0) is 3.07 Å². The molecular formula is C13H23BrNOSn. The van der Waals surface area contributed by atoms with E-state index in [-0.39, 0.29) is 23.0 Å². The number of benzene rings is 1. The number of nitrogens with two attached hydrogens (primary N) is 1. The molecule has 4 heteroatoms. The first-order valence-corrected chi connectivity index (χ1v) is 11.4. The number of unbranched alkanes of at least 4 members (excludes halogenated alkanes) is 1. The first-order valence-electron chi connectivity index (χ1n) is 5.98. The molecule has 1 atom stereocenters. The van der Waals surface area contributed by atoms with Gasteiger partial charge in [-0.1, -0.05) is 0 Å². The molecule has 1 unspecified atom stereocenters. The summed E-state index contributed by atoms with van der Waals surface area (Å²) >= 11 is -1.85. The van der Waals surface area contributed by atoms with Crippen molar-refractivity contribution >= 4 is 40.7 Å². The molecule has 97 valence electrons. The van der Waals surface area contributed by atoms with Crippen molar-refractivity contribution in [1.82, 2.24) is 0 Å². The summed E-state index contributed by atoms with van der Waals surface area (Å²) in [6.07, 6.45) is 2.36. The minimum absolute atomic E-state index is 0. The fraction of sp³-hybridized carbons (Fsp3) is 0.538. The van der Waals surface area contributed by atoms with E-state index in [1.54, 1.807) is 0 Å². The average Bonchev–Trinajstić information content (AvgIpc) is 2.29. The molecule has 0 fully saturated rings. The van der Waals surface area contributed by atoms with Crippen molar-refractivity contribution in [2.24, 2.45) is 5.73 Å². The topological polar surface area (TPSA) is 35.2 Å². The predicted molar refractivity (Wildman–Crippen MR) is 81.5 cm³/mol. The third kappa shape index (κ3) is 5.72. The van der Waals surface area contributed by atoms with Crippen molar-refractivity contribution in [2.45, 2.75) is 37.7 Å². The zero-order valence-corrected chi connectivity index (χ0v) is 15.5. The van der Waals surface area contributed by atoms with Gasteiger partial charge in [0.25, 0.3) is 0 Å². The van der Waals surface area contributed by atoms with Crippen molar-refractivity contribution < 1.29 is 3.07 Å². The number of hydrogen-bond acceptors (Lipinski definition) is 2. The Morgan fingerprint density at radius 3 is 2.59 bits per heavy atom. The molecule has 0 saturated heterocycles. The molecular weight excluding hydrogens is 385 g/mol. The monoisotopic (exact) mass is 408 g/mol. The van der Waals surface area contributed by atoms with Crippen LogP contribution in [0.2, 0.25) is 4.94 Å². The Balaban J connectivity index is 0.00000256. The van der Waals surface area contributed by atoms with Crippen LogP contribution in [0.1, 0.15) is 38.3 Å². The molecule has 1 aromatic carbocycles. The molecule has 0 bridgehead atoms. The first kappa shape index (κ1) is 17.4. The van der Waals surface area contributed by atoms with E-state index in [4.69, 9.17) is 8.81 Å². The van der Waals surface area contributed by atoms with Crippen molar-refractivity contribution in [1.29, 1.82) is 0 Å². The minimum atomic E-state index is -1.85. The Morgan fingerprint density at radius 2 is 2.00 bits per heavy atom. The van der Waals surface area contributed by atoms with Crippen LogP contribution in [0.3, 0.4) is 0 Å². The Hall–Kier alpha value is 0.419. The van der Waals surface area contributed by atoms with Crippen LogP contribution in [0, 0.1) is 0 Å². The number of hydrogen-bond donors (Lipinski definition) is 1. The van der Waals surface area contributed by atoms with Gasteiger partial charge in [0.15, 0.2) is 0 Å². The molecule has 0 aliphatic carbocycles. The van der Waals surface area contributed by atoms with Gasteiger partial charge in [0.2, 0.25) is 0 Å². The second kappa shape index (κ2) is 9.36. The molecule has 0 aliphatic rings. The SMILES string of the molecule is Br.CCCC[O][Sn]([CH3])[c]1ccccc1C(C)N. The summed E-state index contributed by atoms with van der Waals surface area (Å²) in [5, 5.41) is 0. The summed E-state index contributed by atoms with van der Waals surface area (Å²) in [6.45, 7) is 5.15. The summed E-state index contributed by atoms with van der Waals surface area (Å²) in [6, 6.07) is 8.59. The molecule has 2 nitrogen and oxygen atoms in total. The summed E-state index contributed by atoms with van der Waals surface area (Å²) in [5.74, 6) is 0. The predicted octanol–water partition coefficient (Wildman–Crippen LogP) is 2.93. The van der Waals surface area contributed by atoms with E-state index in [1.165, 1.54) is 15.6 Å². The maximum atomic E-state index is 6.00. The van der Waals surface area contributed by atoms with Crippen molar-refractivity contribution in [3.63, 3.8) is 0 Å². The molecule has 0 spiro atoms. The molecule has 0 heterocycles. The summed E-state index contributed by atoms with van der Waals surface area (Å²) in [5.41, 5.74) is 7.26. The Bertz CT molecular complexity index is 320. The fourth-order valence-corrected chi connectivity index (χ4v) is 6.38. The van der Waals surface area contributed by atoms with E-state index in [9.17, 15) is 0 Å². The molecule has 0 aromatic heterocycles. The zero-order valence-electron chi connectivity index (χ0n) is 10.9. The van der Waals surface area contributed by atoms with Gasteiger partial charge in [-0.3, -0.25) is 0 Å². The fourth-order valence-electron chi connectivity index (χ4n) is 1.66. The van der Waals surface area contributed by atoms with Crippen LogP contribution in [0.25, 0.3) is 0 Å². The molecule has 0 saturated carbocycles. The van der Waals surface area contributed by atoms with Gasteiger partial charge in [-0.25, -0.2) is 0 Å². The second-order valence-electron chi connectivity index (χ2n) is 4.13. The third-order valence-electron chi connectivity index (χ3n) is 2.65. The quantitative estimate of drug-likeness (QED) is 0.581. The third-order valence-corrected chi connectivity index (χ3v) is 7.93. The number of halogens is 1. The van der Waals surface area contributed by atoms with Crippen LogP contribution in [0.15, 0.2) is 24.3 Å². The molecule has 2 N–H and O–H groups in total. The Morgan fingerprint density at radius 1 is 1.35 bits per heavy atom. The van der Waals surface area contributed by atoms with Crippen LogP contribution in [0.4, 0.5) is 0 Å². The summed E-state index contributed by atoms with van der Waals surface area (Å²) in [4.78, 5) is 2.29. The van der Waals surface area contributed by atoms with Crippen LogP contribution in [0.5, 0.6) is 0 Å². The van der Waals surface area contributed by atoms with E-state index in [0.717, 1.165) is 13.0 Å². The molecule has 0 amide bonds. The van der Waals surface area contributed by atoms with E-state index < -0.39 is 20.2 Å². The van der Waals surface area contributed by atoms with E-state index in [2.05, 4.69) is 36.1 Å². The Kier molecular flexibility index (Phi) is 9.59. The van der Waals surface area contributed by atoms with Crippen LogP contribution >= 0.6 is 17.0 Å². The molecule has 0 aliphatic heterocycles. The van der Waals surface area contributed by atoms with Gasteiger partial charge < -0.3 is 0 Å². The first-order chi connectivity index (χ1) is 7.66.